The number of benzene rings is 1. The van der Waals surface area contributed by atoms with Crippen LogP contribution in [0.4, 0.5) is 0 Å². The highest BCUT2D eigenvalue weighted by Crippen LogP contribution is 2.18. The van der Waals surface area contributed by atoms with Crippen molar-refractivity contribution in [2.24, 2.45) is 0 Å². The number of carbonyl (C=O) groups excluding carboxylic acids is 1. The molecular formula is C16H21N3O2. The summed E-state index contributed by atoms with van der Waals surface area (Å²) in [6.45, 7) is 6.01. The minimum atomic E-state index is -0.0493. The largest absolute Gasteiger partial charge is 0.494 e. The molecule has 1 aromatic heterocycles. The summed E-state index contributed by atoms with van der Waals surface area (Å²) in [6.07, 6.45) is 6.31. The molecule has 0 unspecified atom stereocenters. The molecule has 5 heteroatoms. The predicted octanol–water partition coefficient (Wildman–Crippen LogP) is 2.41. The summed E-state index contributed by atoms with van der Waals surface area (Å²) in [5.74, 6) is 0.779. The normalized spacial score (nSPS) is 10.4. The van der Waals surface area contributed by atoms with Gasteiger partial charge in [-0.25, -0.2) is 4.98 Å². The van der Waals surface area contributed by atoms with Crippen LogP contribution in [0.2, 0.25) is 0 Å². The van der Waals surface area contributed by atoms with Crippen molar-refractivity contribution < 1.29 is 9.53 Å². The Morgan fingerprint density at radius 2 is 2.29 bits per heavy atom. The second kappa shape index (κ2) is 7.47. The second-order valence-corrected chi connectivity index (χ2v) is 4.82. The lowest BCUT2D eigenvalue weighted by molar-refractivity contribution is 0.0952. The van der Waals surface area contributed by atoms with Crippen molar-refractivity contribution >= 4 is 5.91 Å². The maximum Gasteiger partial charge on any atom is 0.251 e. The van der Waals surface area contributed by atoms with E-state index in [1.165, 1.54) is 0 Å². The highest BCUT2D eigenvalue weighted by Gasteiger charge is 2.07. The Balaban J connectivity index is 1.81. The lowest BCUT2D eigenvalue weighted by Crippen LogP contribution is -2.25. The average Bonchev–Trinajstić information content (AvgIpc) is 2.99. The molecule has 0 saturated heterocycles. The highest BCUT2D eigenvalue weighted by molar-refractivity contribution is 5.94. The average molecular weight is 287 g/mol. The number of imidazole rings is 1. The fourth-order valence-electron chi connectivity index (χ4n) is 2.09. The van der Waals surface area contributed by atoms with Gasteiger partial charge >= 0.3 is 0 Å². The van der Waals surface area contributed by atoms with Gasteiger partial charge in [-0.1, -0.05) is 0 Å². The van der Waals surface area contributed by atoms with Crippen LogP contribution < -0.4 is 10.1 Å². The Morgan fingerprint density at radius 1 is 1.43 bits per heavy atom. The first-order valence-electron chi connectivity index (χ1n) is 7.18. The first-order valence-corrected chi connectivity index (χ1v) is 7.18. The predicted molar refractivity (Wildman–Crippen MR) is 81.5 cm³/mol. The smallest absolute Gasteiger partial charge is 0.251 e. The van der Waals surface area contributed by atoms with E-state index in [1.807, 2.05) is 36.7 Å². The van der Waals surface area contributed by atoms with Gasteiger partial charge < -0.3 is 14.6 Å². The summed E-state index contributed by atoms with van der Waals surface area (Å²) < 4.78 is 7.46. The molecule has 0 aliphatic heterocycles. The van der Waals surface area contributed by atoms with Crippen molar-refractivity contribution in [2.45, 2.75) is 26.8 Å². The van der Waals surface area contributed by atoms with Crippen LogP contribution in [0.5, 0.6) is 5.75 Å². The zero-order valence-corrected chi connectivity index (χ0v) is 12.5. The van der Waals surface area contributed by atoms with Crippen molar-refractivity contribution in [3.05, 3.63) is 48.0 Å². The minimum absolute atomic E-state index is 0.0493. The maximum absolute atomic E-state index is 12.1. The van der Waals surface area contributed by atoms with Crippen LogP contribution in [0, 0.1) is 6.92 Å². The third-order valence-electron chi connectivity index (χ3n) is 3.17. The van der Waals surface area contributed by atoms with Gasteiger partial charge in [0.25, 0.3) is 5.91 Å². The number of hydrogen-bond acceptors (Lipinski definition) is 3. The molecule has 1 amide bonds. The van der Waals surface area contributed by atoms with Crippen molar-refractivity contribution in [3.8, 4) is 5.75 Å². The number of rotatable bonds is 7. The lowest BCUT2D eigenvalue weighted by atomic mass is 10.1. The minimum Gasteiger partial charge on any atom is -0.494 e. The first-order chi connectivity index (χ1) is 10.2. The quantitative estimate of drug-likeness (QED) is 0.796. The molecule has 0 aliphatic carbocycles. The molecule has 1 heterocycles. The summed E-state index contributed by atoms with van der Waals surface area (Å²) in [6, 6.07) is 5.50. The fourth-order valence-corrected chi connectivity index (χ4v) is 2.09. The van der Waals surface area contributed by atoms with Crippen LogP contribution >= 0.6 is 0 Å². The number of amides is 1. The maximum atomic E-state index is 12.1. The van der Waals surface area contributed by atoms with Gasteiger partial charge in [0.05, 0.1) is 12.9 Å². The molecule has 0 atom stereocenters. The molecule has 21 heavy (non-hydrogen) atoms. The van der Waals surface area contributed by atoms with Gasteiger partial charge in [-0.05, 0) is 44.0 Å². The topological polar surface area (TPSA) is 56.1 Å². The van der Waals surface area contributed by atoms with E-state index in [4.69, 9.17) is 4.74 Å². The summed E-state index contributed by atoms with van der Waals surface area (Å²) in [4.78, 5) is 16.0. The molecule has 0 radical (unpaired) electrons. The van der Waals surface area contributed by atoms with Gasteiger partial charge in [-0.2, -0.15) is 0 Å². The Hall–Kier alpha value is -2.30. The lowest BCUT2D eigenvalue weighted by Gasteiger charge is -2.10. The van der Waals surface area contributed by atoms with E-state index in [-0.39, 0.29) is 5.91 Å². The number of aromatic nitrogens is 2. The van der Waals surface area contributed by atoms with E-state index in [0.717, 1.165) is 24.3 Å². The molecule has 0 saturated carbocycles. The van der Waals surface area contributed by atoms with E-state index in [9.17, 15) is 4.79 Å². The van der Waals surface area contributed by atoms with Crippen molar-refractivity contribution in [2.75, 3.05) is 13.2 Å². The molecule has 1 aromatic carbocycles. The summed E-state index contributed by atoms with van der Waals surface area (Å²) >= 11 is 0. The summed E-state index contributed by atoms with van der Waals surface area (Å²) in [5.41, 5.74) is 1.64. The van der Waals surface area contributed by atoms with Crippen LogP contribution in [0.3, 0.4) is 0 Å². The molecule has 2 aromatic rings. The molecule has 0 bridgehead atoms. The number of nitrogens with one attached hydrogen (secondary N) is 1. The number of carbonyl (C=O) groups is 1. The van der Waals surface area contributed by atoms with E-state index < -0.39 is 0 Å². The Bertz CT molecular complexity index is 579. The first kappa shape index (κ1) is 15.1. The fraction of sp³-hybridized carbons (Fsp3) is 0.375. The van der Waals surface area contributed by atoms with Gasteiger partial charge in [-0.3, -0.25) is 4.79 Å². The molecule has 0 fully saturated rings. The zero-order chi connectivity index (χ0) is 15.1. The van der Waals surface area contributed by atoms with Gasteiger partial charge in [0.1, 0.15) is 5.75 Å². The Kier molecular flexibility index (Phi) is 5.37. The molecule has 1 N–H and O–H groups in total. The van der Waals surface area contributed by atoms with E-state index >= 15 is 0 Å². The Labute approximate surface area is 125 Å². The van der Waals surface area contributed by atoms with Gasteiger partial charge in [0.15, 0.2) is 0 Å². The van der Waals surface area contributed by atoms with Crippen LogP contribution in [0.15, 0.2) is 36.9 Å². The number of hydrogen-bond donors (Lipinski definition) is 1. The third kappa shape index (κ3) is 4.34. The van der Waals surface area contributed by atoms with Crippen LogP contribution in [-0.2, 0) is 6.54 Å². The summed E-state index contributed by atoms with van der Waals surface area (Å²) in [5, 5.41) is 2.93. The second-order valence-electron chi connectivity index (χ2n) is 4.82. The molecule has 112 valence electrons. The van der Waals surface area contributed by atoms with Crippen molar-refractivity contribution in [3.63, 3.8) is 0 Å². The van der Waals surface area contributed by atoms with E-state index in [1.54, 1.807) is 18.6 Å². The van der Waals surface area contributed by atoms with Crippen LogP contribution in [0.1, 0.15) is 29.3 Å². The van der Waals surface area contributed by atoms with Gasteiger partial charge in [0, 0.05) is 31.0 Å². The van der Waals surface area contributed by atoms with E-state index in [0.29, 0.717) is 18.7 Å². The molecule has 0 spiro atoms. The van der Waals surface area contributed by atoms with Gasteiger partial charge in [0.2, 0.25) is 0 Å². The monoisotopic (exact) mass is 287 g/mol. The van der Waals surface area contributed by atoms with E-state index in [2.05, 4.69) is 10.3 Å². The number of aryl methyl sites for hydroxylation is 2. The summed E-state index contributed by atoms with van der Waals surface area (Å²) in [7, 11) is 0. The number of ether oxygens (including phenoxy) is 1. The third-order valence-corrected chi connectivity index (χ3v) is 3.17. The highest BCUT2D eigenvalue weighted by atomic mass is 16.5. The van der Waals surface area contributed by atoms with Crippen LogP contribution in [0.25, 0.3) is 0 Å². The molecule has 5 nitrogen and oxygen atoms in total. The van der Waals surface area contributed by atoms with Crippen LogP contribution in [-0.4, -0.2) is 28.6 Å². The van der Waals surface area contributed by atoms with Crippen molar-refractivity contribution in [1.29, 1.82) is 0 Å². The number of nitrogens with zero attached hydrogens (tertiary/aromatic N) is 2. The molecule has 0 aliphatic rings. The van der Waals surface area contributed by atoms with Crippen molar-refractivity contribution in [1.82, 2.24) is 14.9 Å². The Morgan fingerprint density at radius 3 is 2.95 bits per heavy atom. The molecule has 2 rings (SSSR count). The van der Waals surface area contributed by atoms with Gasteiger partial charge in [-0.15, -0.1) is 0 Å². The molecular weight excluding hydrogens is 266 g/mol. The standard InChI is InChI=1S/C16H21N3O2/c1-3-21-15-6-5-14(11-13(15)2)16(20)18-7-4-9-19-10-8-17-12-19/h5-6,8,10-12H,3-4,7,9H2,1-2H3,(H,18,20). The SMILES string of the molecule is CCOc1ccc(C(=O)NCCCn2ccnc2)cc1C. The zero-order valence-electron chi connectivity index (χ0n) is 12.5.